The molecule has 0 aliphatic heterocycles. The highest BCUT2D eigenvalue weighted by Gasteiger charge is 2.07. The van der Waals surface area contributed by atoms with E-state index >= 15 is 0 Å². The van der Waals surface area contributed by atoms with Crippen LogP contribution >= 0.6 is 0 Å². The minimum absolute atomic E-state index is 0.174. The molecule has 0 aliphatic rings. The first kappa shape index (κ1) is 10.8. The SMILES string of the molecule is CN(Cc1ccno1)Cc1ccccc1F. The van der Waals surface area contributed by atoms with Crippen LogP contribution in [0.2, 0.25) is 0 Å². The van der Waals surface area contributed by atoms with Gasteiger partial charge >= 0.3 is 0 Å². The Kier molecular flexibility index (Phi) is 3.31. The van der Waals surface area contributed by atoms with Gasteiger partial charge in [-0.25, -0.2) is 4.39 Å². The van der Waals surface area contributed by atoms with Crippen LogP contribution in [0.1, 0.15) is 11.3 Å². The highest BCUT2D eigenvalue weighted by atomic mass is 19.1. The normalized spacial score (nSPS) is 10.9. The second kappa shape index (κ2) is 4.90. The van der Waals surface area contributed by atoms with E-state index in [1.807, 2.05) is 18.0 Å². The minimum atomic E-state index is -0.174. The molecule has 1 aromatic heterocycles. The second-order valence-electron chi connectivity index (χ2n) is 3.74. The van der Waals surface area contributed by atoms with Crippen LogP contribution in [0.15, 0.2) is 41.1 Å². The highest BCUT2D eigenvalue weighted by Crippen LogP contribution is 2.10. The largest absolute Gasteiger partial charge is 0.360 e. The van der Waals surface area contributed by atoms with E-state index in [1.165, 1.54) is 6.07 Å². The molecule has 0 aliphatic carbocycles. The van der Waals surface area contributed by atoms with E-state index in [1.54, 1.807) is 24.4 Å². The minimum Gasteiger partial charge on any atom is -0.360 e. The van der Waals surface area contributed by atoms with Gasteiger partial charge < -0.3 is 4.52 Å². The number of aromatic nitrogens is 1. The van der Waals surface area contributed by atoms with Crippen molar-refractivity contribution < 1.29 is 8.91 Å². The van der Waals surface area contributed by atoms with Crippen molar-refractivity contribution in [1.29, 1.82) is 0 Å². The lowest BCUT2D eigenvalue weighted by molar-refractivity contribution is 0.264. The number of hydrogen-bond donors (Lipinski definition) is 0. The highest BCUT2D eigenvalue weighted by molar-refractivity contribution is 5.17. The van der Waals surface area contributed by atoms with Crippen molar-refractivity contribution in [3.05, 3.63) is 53.7 Å². The van der Waals surface area contributed by atoms with Gasteiger partial charge in [-0.1, -0.05) is 23.4 Å². The van der Waals surface area contributed by atoms with Crippen molar-refractivity contribution >= 4 is 0 Å². The van der Waals surface area contributed by atoms with Crippen LogP contribution < -0.4 is 0 Å². The molecule has 0 atom stereocenters. The Morgan fingerprint density at radius 3 is 2.75 bits per heavy atom. The van der Waals surface area contributed by atoms with E-state index < -0.39 is 0 Å². The van der Waals surface area contributed by atoms with E-state index in [0.717, 1.165) is 5.76 Å². The van der Waals surface area contributed by atoms with E-state index in [0.29, 0.717) is 18.7 Å². The van der Waals surface area contributed by atoms with E-state index in [2.05, 4.69) is 5.16 Å². The molecule has 0 bridgehead atoms. The molecule has 1 aromatic carbocycles. The maximum absolute atomic E-state index is 13.4. The molecule has 0 unspecified atom stereocenters. The van der Waals surface area contributed by atoms with Crippen molar-refractivity contribution in [2.45, 2.75) is 13.1 Å². The summed E-state index contributed by atoms with van der Waals surface area (Å²) in [6, 6.07) is 8.58. The average Bonchev–Trinajstić information content (AvgIpc) is 2.74. The van der Waals surface area contributed by atoms with Crippen LogP contribution in [0, 0.1) is 5.82 Å². The summed E-state index contributed by atoms with van der Waals surface area (Å²) in [6.07, 6.45) is 1.60. The predicted octanol–water partition coefficient (Wildman–Crippen LogP) is 2.45. The lowest BCUT2D eigenvalue weighted by Crippen LogP contribution is -2.17. The van der Waals surface area contributed by atoms with Crippen LogP contribution in [-0.4, -0.2) is 17.1 Å². The Bertz CT molecular complexity index is 442. The molecule has 16 heavy (non-hydrogen) atoms. The van der Waals surface area contributed by atoms with Gasteiger partial charge in [0.25, 0.3) is 0 Å². The summed E-state index contributed by atoms with van der Waals surface area (Å²) >= 11 is 0. The van der Waals surface area contributed by atoms with E-state index in [4.69, 9.17) is 4.52 Å². The Balaban J connectivity index is 1.97. The number of nitrogens with zero attached hydrogens (tertiary/aromatic N) is 2. The molecular formula is C12H13FN2O. The monoisotopic (exact) mass is 220 g/mol. The van der Waals surface area contributed by atoms with Gasteiger partial charge in [-0.15, -0.1) is 0 Å². The molecule has 0 N–H and O–H groups in total. The Labute approximate surface area is 93.5 Å². The maximum atomic E-state index is 13.4. The molecule has 4 heteroatoms. The van der Waals surface area contributed by atoms with Crippen LogP contribution in [0.5, 0.6) is 0 Å². The third-order valence-corrected chi connectivity index (χ3v) is 2.32. The summed E-state index contributed by atoms with van der Waals surface area (Å²) in [6.45, 7) is 1.17. The van der Waals surface area contributed by atoms with Gasteiger partial charge in [-0.3, -0.25) is 4.90 Å². The standard InChI is InChI=1S/C12H13FN2O/c1-15(9-11-6-7-14-16-11)8-10-4-2-3-5-12(10)13/h2-7H,8-9H2,1H3. The summed E-state index contributed by atoms with van der Waals surface area (Å²) in [5.41, 5.74) is 0.685. The van der Waals surface area contributed by atoms with Crippen molar-refractivity contribution in [1.82, 2.24) is 10.1 Å². The fourth-order valence-corrected chi connectivity index (χ4v) is 1.56. The molecule has 0 radical (unpaired) electrons. The van der Waals surface area contributed by atoms with E-state index in [9.17, 15) is 4.39 Å². The van der Waals surface area contributed by atoms with Crippen molar-refractivity contribution in [3.8, 4) is 0 Å². The number of halogens is 1. The van der Waals surface area contributed by atoms with E-state index in [-0.39, 0.29) is 5.82 Å². The van der Waals surface area contributed by atoms with Crippen LogP contribution in [0.3, 0.4) is 0 Å². The van der Waals surface area contributed by atoms with Gasteiger partial charge in [-0.2, -0.15) is 0 Å². The van der Waals surface area contributed by atoms with Gasteiger partial charge in [-0.05, 0) is 13.1 Å². The number of hydrogen-bond acceptors (Lipinski definition) is 3. The lowest BCUT2D eigenvalue weighted by atomic mass is 10.2. The predicted molar refractivity (Wildman–Crippen MR) is 58.1 cm³/mol. The Morgan fingerprint density at radius 1 is 1.25 bits per heavy atom. The van der Waals surface area contributed by atoms with Crippen LogP contribution in [-0.2, 0) is 13.1 Å². The third-order valence-electron chi connectivity index (χ3n) is 2.32. The number of benzene rings is 1. The van der Waals surface area contributed by atoms with Crippen molar-refractivity contribution in [3.63, 3.8) is 0 Å². The Hall–Kier alpha value is -1.68. The molecule has 0 spiro atoms. The molecule has 0 amide bonds. The fraction of sp³-hybridized carbons (Fsp3) is 0.250. The summed E-state index contributed by atoms with van der Waals surface area (Å²) in [5.74, 6) is 0.603. The molecular weight excluding hydrogens is 207 g/mol. The summed E-state index contributed by atoms with van der Waals surface area (Å²) in [7, 11) is 1.91. The van der Waals surface area contributed by atoms with Crippen molar-refractivity contribution in [2.75, 3.05) is 7.05 Å². The zero-order chi connectivity index (χ0) is 11.4. The first-order valence-electron chi connectivity index (χ1n) is 5.07. The Morgan fingerprint density at radius 2 is 2.06 bits per heavy atom. The molecule has 84 valence electrons. The quantitative estimate of drug-likeness (QED) is 0.792. The van der Waals surface area contributed by atoms with Gasteiger partial charge in [0.1, 0.15) is 5.82 Å². The second-order valence-corrected chi connectivity index (χ2v) is 3.74. The summed E-state index contributed by atoms with van der Waals surface area (Å²) in [4.78, 5) is 1.97. The molecule has 0 saturated carbocycles. The van der Waals surface area contributed by atoms with Gasteiger partial charge in [0.15, 0.2) is 5.76 Å². The van der Waals surface area contributed by atoms with Crippen LogP contribution in [0.4, 0.5) is 4.39 Å². The summed E-state index contributed by atoms with van der Waals surface area (Å²) in [5, 5.41) is 3.62. The van der Waals surface area contributed by atoms with Gasteiger partial charge in [0, 0.05) is 18.2 Å². The first-order chi connectivity index (χ1) is 7.75. The molecule has 1 heterocycles. The molecule has 0 saturated heterocycles. The summed E-state index contributed by atoms with van der Waals surface area (Å²) < 4.78 is 18.4. The lowest BCUT2D eigenvalue weighted by Gasteiger charge is -2.14. The number of rotatable bonds is 4. The molecule has 3 nitrogen and oxygen atoms in total. The molecule has 0 fully saturated rings. The zero-order valence-electron chi connectivity index (χ0n) is 9.06. The third kappa shape index (κ3) is 2.67. The topological polar surface area (TPSA) is 29.3 Å². The van der Waals surface area contributed by atoms with Gasteiger partial charge in [0.2, 0.25) is 0 Å². The smallest absolute Gasteiger partial charge is 0.150 e. The zero-order valence-corrected chi connectivity index (χ0v) is 9.06. The molecule has 2 rings (SSSR count). The fourth-order valence-electron chi connectivity index (χ4n) is 1.56. The molecule has 2 aromatic rings. The van der Waals surface area contributed by atoms with Crippen molar-refractivity contribution in [2.24, 2.45) is 0 Å². The van der Waals surface area contributed by atoms with Gasteiger partial charge in [0.05, 0.1) is 12.7 Å². The maximum Gasteiger partial charge on any atom is 0.150 e. The average molecular weight is 220 g/mol. The van der Waals surface area contributed by atoms with Crippen LogP contribution in [0.25, 0.3) is 0 Å². The first-order valence-corrected chi connectivity index (χ1v) is 5.07.